The van der Waals surface area contributed by atoms with Gasteiger partial charge in [-0.05, 0) is 59.4 Å². The van der Waals surface area contributed by atoms with Crippen LogP contribution in [0.25, 0.3) is 10.8 Å². The number of hydrogen-bond acceptors (Lipinski definition) is 4. The first-order chi connectivity index (χ1) is 17.0. The molecule has 1 aromatic heterocycles. The Morgan fingerprint density at radius 1 is 0.946 bits per heavy atom. The van der Waals surface area contributed by atoms with Crippen LogP contribution in [-0.4, -0.2) is 25.4 Å². The van der Waals surface area contributed by atoms with E-state index in [0.717, 1.165) is 23.3 Å². The van der Waals surface area contributed by atoms with Crippen molar-refractivity contribution in [3.8, 4) is 0 Å². The number of esters is 1. The van der Waals surface area contributed by atoms with Gasteiger partial charge in [-0.2, -0.15) is 13.2 Å². The Morgan fingerprint density at radius 2 is 1.57 bits per heavy atom. The maximum Gasteiger partial charge on any atom is 0.434 e. The molecule has 8 heteroatoms. The number of halogens is 3. The third kappa shape index (κ3) is 6.41. The van der Waals surface area contributed by atoms with Crippen molar-refractivity contribution in [2.75, 3.05) is 0 Å². The molecule has 0 radical (unpaired) electrons. The first-order valence-electron chi connectivity index (χ1n) is 12.4. The summed E-state index contributed by atoms with van der Waals surface area (Å²) in [5.41, 5.74) is -2.03. The van der Waals surface area contributed by atoms with Gasteiger partial charge in [-0.25, -0.2) is 0 Å². The minimum Gasteiger partial charge on any atom is -0.443 e. The van der Waals surface area contributed by atoms with Crippen molar-refractivity contribution in [2.45, 2.75) is 83.5 Å². The lowest BCUT2D eigenvalue weighted by Gasteiger charge is -2.36. The van der Waals surface area contributed by atoms with Gasteiger partial charge in [0.1, 0.15) is 0 Å². The average Bonchev–Trinajstić information content (AvgIpc) is 2.81. The van der Waals surface area contributed by atoms with Gasteiger partial charge >= 0.3 is 12.1 Å². The van der Waals surface area contributed by atoms with Crippen LogP contribution in [0.4, 0.5) is 13.2 Å². The Morgan fingerprint density at radius 3 is 2.22 bits per heavy atom. The molecule has 0 saturated heterocycles. The molecular weight excluding hydrogens is 495 g/mol. The highest BCUT2D eigenvalue weighted by molar-refractivity contribution is 6.74. The molecular formula is C29H36F3NO3Si. The van der Waals surface area contributed by atoms with E-state index in [2.05, 4.69) is 38.8 Å². The van der Waals surface area contributed by atoms with Crippen LogP contribution in [0.1, 0.15) is 63.9 Å². The number of carbonyl (C=O) groups is 1. The lowest BCUT2D eigenvalue weighted by atomic mass is 9.92. The maximum atomic E-state index is 14.3. The first kappa shape index (κ1) is 28.9. The third-order valence-corrected chi connectivity index (χ3v) is 11.8. The van der Waals surface area contributed by atoms with E-state index in [4.69, 9.17) is 9.16 Å². The van der Waals surface area contributed by atoms with Gasteiger partial charge in [0, 0.05) is 0 Å². The van der Waals surface area contributed by atoms with Crippen LogP contribution >= 0.6 is 0 Å². The summed E-state index contributed by atoms with van der Waals surface area (Å²) in [5, 5.41) is 1.91. The Hall–Kier alpha value is -2.71. The van der Waals surface area contributed by atoms with Crippen molar-refractivity contribution < 1.29 is 27.1 Å². The van der Waals surface area contributed by atoms with Crippen molar-refractivity contribution in [1.29, 1.82) is 0 Å². The van der Waals surface area contributed by atoms with E-state index in [0.29, 0.717) is 5.69 Å². The van der Waals surface area contributed by atoms with Crippen molar-refractivity contribution in [1.82, 2.24) is 4.98 Å². The Labute approximate surface area is 218 Å². The van der Waals surface area contributed by atoms with Gasteiger partial charge < -0.3 is 9.16 Å². The summed E-state index contributed by atoms with van der Waals surface area (Å²) in [6.45, 7) is 13.1. The average molecular weight is 532 g/mol. The molecule has 0 bridgehead atoms. The molecule has 0 fully saturated rings. The van der Waals surface area contributed by atoms with Gasteiger partial charge in [-0.1, -0.05) is 76.2 Å². The summed E-state index contributed by atoms with van der Waals surface area (Å²) in [6, 6.07) is 17.8. The zero-order valence-electron chi connectivity index (χ0n) is 22.6. The smallest absolute Gasteiger partial charge is 0.434 e. The van der Waals surface area contributed by atoms with Crippen molar-refractivity contribution in [2.24, 2.45) is 0 Å². The zero-order chi connectivity index (χ0) is 27.6. The van der Waals surface area contributed by atoms with Crippen LogP contribution in [0.5, 0.6) is 0 Å². The number of fused-ring (bicyclic) bond motifs is 1. The molecule has 1 heterocycles. The number of carbonyl (C=O) groups excluding carboxylic acids is 1. The molecule has 2 aromatic carbocycles. The fourth-order valence-electron chi connectivity index (χ4n) is 3.86. The van der Waals surface area contributed by atoms with Gasteiger partial charge in [0.25, 0.3) is 0 Å². The minimum absolute atomic E-state index is 0.0542. The molecule has 0 N–H and O–H groups in total. The largest absolute Gasteiger partial charge is 0.443 e. The van der Waals surface area contributed by atoms with E-state index in [1.165, 1.54) is 12.1 Å². The highest BCUT2D eigenvalue weighted by Gasteiger charge is 2.57. The molecule has 0 aliphatic carbocycles. The highest BCUT2D eigenvalue weighted by atomic mass is 28.4. The molecule has 37 heavy (non-hydrogen) atoms. The second-order valence-electron chi connectivity index (χ2n) is 11.2. The van der Waals surface area contributed by atoms with E-state index < -0.39 is 26.1 Å². The van der Waals surface area contributed by atoms with Crippen molar-refractivity contribution in [3.63, 3.8) is 0 Å². The Balaban J connectivity index is 1.82. The molecule has 0 spiro atoms. The number of alkyl halides is 3. The summed E-state index contributed by atoms with van der Waals surface area (Å²) in [4.78, 5) is 17.1. The van der Waals surface area contributed by atoms with E-state index in [-0.39, 0.29) is 29.7 Å². The topological polar surface area (TPSA) is 48.4 Å². The molecule has 200 valence electrons. The second kappa shape index (κ2) is 10.6. The van der Waals surface area contributed by atoms with Gasteiger partial charge in [0.15, 0.2) is 8.32 Å². The van der Waals surface area contributed by atoms with Crippen LogP contribution in [0.15, 0.2) is 60.7 Å². The lowest BCUT2D eigenvalue weighted by molar-refractivity contribution is -0.271. The molecule has 2 atom stereocenters. The quantitative estimate of drug-likeness (QED) is 0.217. The van der Waals surface area contributed by atoms with E-state index >= 15 is 0 Å². The summed E-state index contributed by atoms with van der Waals surface area (Å²) >= 11 is 0. The number of benzene rings is 2. The molecule has 0 aliphatic rings. The van der Waals surface area contributed by atoms with Gasteiger partial charge in [-0.3, -0.25) is 9.78 Å². The first-order valence-corrected chi connectivity index (χ1v) is 15.3. The number of rotatable bonds is 8. The predicted octanol–water partition coefficient (Wildman–Crippen LogP) is 8.27. The summed E-state index contributed by atoms with van der Waals surface area (Å²) in [7, 11) is -2.13. The van der Waals surface area contributed by atoms with Crippen LogP contribution in [0.2, 0.25) is 18.1 Å². The molecule has 0 aliphatic heterocycles. The molecule has 4 nitrogen and oxygen atoms in total. The Kier molecular flexibility index (Phi) is 8.24. The number of nitrogens with zero attached hydrogens (tertiary/aromatic N) is 1. The standard InChI is InChI=1S/C29H36F3NO3Si/c1-20(23-16-10-13-21-12-8-9-15-24(21)23)18-26(34)36-28(5,29(30,31)32)25-17-11-14-22(33-25)19-35-37(6,7)27(2,3)4/h8-17,20H,18-19H2,1-7H3/t20-,28+/m0/s1. The van der Waals surface area contributed by atoms with Crippen LogP contribution in [-0.2, 0) is 26.2 Å². The van der Waals surface area contributed by atoms with Gasteiger partial charge in [0.05, 0.1) is 24.4 Å². The minimum atomic E-state index is -4.86. The van der Waals surface area contributed by atoms with Crippen LogP contribution < -0.4 is 0 Å². The normalized spacial score (nSPS) is 15.3. The monoisotopic (exact) mass is 531 g/mol. The summed E-state index contributed by atoms with van der Waals surface area (Å²) in [5.74, 6) is -1.28. The van der Waals surface area contributed by atoms with Gasteiger partial charge in [0.2, 0.25) is 5.60 Å². The van der Waals surface area contributed by atoms with Gasteiger partial charge in [-0.15, -0.1) is 0 Å². The van der Waals surface area contributed by atoms with Crippen molar-refractivity contribution in [3.05, 3.63) is 77.6 Å². The molecule has 3 aromatic rings. The zero-order valence-corrected chi connectivity index (χ0v) is 23.6. The van der Waals surface area contributed by atoms with Crippen molar-refractivity contribution >= 4 is 25.1 Å². The number of hydrogen-bond donors (Lipinski definition) is 0. The molecule has 3 rings (SSSR count). The second-order valence-corrected chi connectivity index (χ2v) is 16.1. The highest BCUT2D eigenvalue weighted by Crippen LogP contribution is 2.42. The fraction of sp³-hybridized carbons (Fsp3) is 0.448. The fourth-order valence-corrected chi connectivity index (χ4v) is 4.80. The number of ether oxygens (including phenoxy) is 1. The summed E-state index contributed by atoms with van der Waals surface area (Å²) < 4.78 is 54.3. The van der Waals surface area contributed by atoms with Crippen LogP contribution in [0.3, 0.4) is 0 Å². The molecule has 0 amide bonds. The van der Waals surface area contributed by atoms with E-state index in [9.17, 15) is 18.0 Å². The number of aromatic nitrogens is 1. The van der Waals surface area contributed by atoms with Crippen LogP contribution in [0, 0.1) is 0 Å². The molecule has 0 unspecified atom stereocenters. The Bertz CT molecular complexity index is 1250. The summed E-state index contributed by atoms with van der Waals surface area (Å²) in [6.07, 6.45) is -5.06. The molecule has 0 saturated carbocycles. The van der Waals surface area contributed by atoms with E-state index in [1.54, 1.807) is 6.07 Å². The van der Waals surface area contributed by atoms with E-state index in [1.807, 2.05) is 49.4 Å². The maximum absolute atomic E-state index is 14.3. The lowest BCUT2D eigenvalue weighted by Crippen LogP contribution is -2.44. The third-order valence-electron chi connectivity index (χ3n) is 7.37. The number of pyridine rings is 1. The SMILES string of the molecule is C[C@@H](CC(=O)O[C@](C)(c1cccc(CO[Si](C)(C)C(C)(C)C)n1)C(F)(F)F)c1cccc2ccccc12. The predicted molar refractivity (Wildman–Crippen MR) is 143 cm³/mol.